The highest BCUT2D eigenvalue weighted by atomic mass is 32.2. The third kappa shape index (κ3) is 6.28. The molecule has 0 unspecified atom stereocenters. The van der Waals surface area contributed by atoms with Gasteiger partial charge in [-0.15, -0.1) is 0 Å². The average molecular weight is 476 g/mol. The highest BCUT2D eigenvalue weighted by molar-refractivity contribution is 7.87. The highest BCUT2D eigenvalue weighted by Crippen LogP contribution is 2.27. The minimum atomic E-state index is -5.34. The van der Waals surface area contributed by atoms with E-state index >= 15 is 0 Å². The molecule has 0 saturated carbocycles. The molecule has 3 rings (SSSR count). The number of Topliss-reactive ketones (excluding diaryl/α,β-unsaturated/α-hetero) is 2. The molecule has 0 N–H and O–H groups in total. The van der Waals surface area contributed by atoms with Crippen molar-refractivity contribution in [1.82, 2.24) is 0 Å². The number of alkyl halides is 3. The van der Waals surface area contributed by atoms with Crippen LogP contribution in [-0.4, -0.2) is 32.6 Å². The van der Waals surface area contributed by atoms with Crippen molar-refractivity contribution in [2.45, 2.75) is 19.4 Å². The Labute approximate surface area is 189 Å². The lowest BCUT2D eigenvalue weighted by Crippen LogP contribution is -2.23. The third-order valence-electron chi connectivity index (χ3n) is 4.42. The summed E-state index contributed by atoms with van der Waals surface area (Å²) in [6.07, 6.45) is 0. The summed E-state index contributed by atoms with van der Waals surface area (Å²) in [6, 6.07) is 18.8. The van der Waals surface area contributed by atoms with Gasteiger partial charge in [-0.2, -0.15) is 21.6 Å². The molecule has 172 valence electrons. The molecule has 0 aliphatic carbocycles. The number of hydrogen-bond acceptors (Lipinski definition) is 5. The molecule has 0 aliphatic rings. The van der Waals surface area contributed by atoms with Crippen LogP contribution in [0, 0.1) is 11.8 Å². The van der Waals surface area contributed by atoms with Gasteiger partial charge in [-0.3, -0.25) is 13.8 Å². The van der Waals surface area contributed by atoms with E-state index < -0.39 is 15.6 Å². The predicted molar refractivity (Wildman–Crippen MR) is 118 cm³/mol. The summed E-state index contributed by atoms with van der Waals surface area (Å²) in [4.78, 5) is 24.0. The molecule has 0 aliphatic heterocycles. The van der Waals surface area contributed by atoms with Crippen LogP contribution in [0.2, 0.25) is 0 Å². The molecule has 0 amide bonds. The van der Waals surface area contributed by atoms with E-state index in [1.54, 1.807) is 12.1 Å². The predicted octanol–water partition coefficient (Wildman–Crippen LogP) is 5.13. The lowest BCUT2D eigenvalue weighted by molar-refractivity contribution is -0.0526. The van der Waals surface area contributed by atoms with Crippen molar-refractivity contribution in [1.29, 1.82) is 0 Å². The van der Waals surface area contributed by atoms with Gasteiger partial charge in [-0.05, 0) is 43.5 Å². The van der Waals surface area contributed by atoms with Crippen molar-refractivity contribution >= 4 is 32.5 Å². The van der Waals surface area contributed by atoms with Crippen molar-refractivity contribution in [2.24, 2.45) is 0 Å². The average Bonchev–Trinajstić information content (AvgIpc) is 2.77. The van der Waals surface area contributed by atoms with Gasteiger partial charge in [0, 0.05) is 27.6 Å². The second-order valence-electron chi connectivity index (χ2n) is 6.68. The second-order valence-corrected chi connectivity index (χ2v) is 8.39. The molecule has 3 aromatic rings. The number of halogens is 3. The van der Waals surface area contributed by atoms with Gasteiger partial charge in [0.1, 0.15) is 0 Å². The zero-order chi connectivity index (χ0) is 24.8. The molecule has 0 saturated heterocycles. The van der Waals surface area contributed by atoms with Gasteiger partial charge in [-0.1, -0.05) is 48.2 Å². The van der Waals surface area contributed by atoms with E-state index in [0.717, 1.165) is 16.5 Å². The normalized spacial score (nSPS) is 11.1. The van der Waals surface area contributed by atoms with Crippen LogP contribution in [0.1, 0.15) is 45.7 Å². The lowest BCUT2D eigenvalue weighted by Gasteiger charge is -2.09. The molecular formula is C24H19F3O5S. The van der Waals surface area contributed by atoms with Gasteiger partial charge >= 0.3 is 15.6 Å². The molecule has 3 aromatic carbocycles. The summed E-state index contributed by atoms with van der Waals surface area (Å²) in [5.74, 6) is 6.18. The first kappa shape index (κ1) is 25.8. The Kier molecular flexibility index (Phi) is 8.14. The van der Waals surface area contributed by atoms with E-state index in [2.05, 4.69) is 16.0 Å². The molecule has 0 aromatic heterocycles. The maximum Gasteiger partial charge on any atom is 0.523 e. The monoisotopic (exact) mass is 476 g/mol. The maximum atomic E-state index is 12.0. The van der Waals surface area contributed by atoms with Crippen LogP contribution in [0.3, 0.4) is 0 Å². The third-order valence-corrected chi connectivity index (χ3v) is 5.42. The van der Waals surface area contributed by atoms with Gasteiger partial charge < -0.3 is 0 Å². The van der Waals surface area contributed by atoms with E-state index in [1.165, 1.54) is 13.8 Å². The van der Waals surface area contributed by atoms with Crippen molar-refractivity contribution in [3.05, 3.63) is 82.9 Å². The number of carbonyl (C=O) groups excluding carboxylic acids is 2. The van der Waals surface area contributed by atoms with Crippen molar-refractivity contribution < 1.29 is 35.4 Å². The summed E-state index contributed by atoms with van der Waals surface area (Å²) < 4.78 is 55.9. The number of benzene rings is 3. The highest BCUT2D eigenvalue weighted by Gasteiger charge is 2.46. The molecule has 0 bridgehead atoms. The maximum absolute atomic E-state index is 12.0. The second kappa shape index (κ2) is 10.4. The topological polar surface area (TPSA) is 77.5 Å². The summed E-state index contributed by atoms with van der Waals surface area (Å²) in [7, 11) is -4.89. The lowest BCUT2D eigenvalue weighted by atomic mass is 9.92. The number of hydrogen-bond donors (Lipinski definition) is 0. The van der Waals surface area contributed by atoms with Crippen LogP contribution in [0.5, 0.6) is 0 Å². The van der Waals surface area contributed by atoms with Gasteiger partial charge in [0.2, 0.25) is 0 Å². The van der Waals surface area contributed by atoms with Crippen LogP contribution in [0.25, 0.3) is 10.8 Å². The molecule has 5 nitrogen and oxygen atoms in total. The molecule has 0 fully saturated rings. The van der Waals surface area contributed by atoms with E-state index in [9.17, 15) is 31.2 Å². The zero-order valence-corrected chi connectivity index (χ0v) is 18.7. The molecular weight excluding hydrogens is 457 g/mol. The van der Waals surface area contributed by atoms with Gasteiger partial charge in [0.15, 0.2) is 11.6 Å². The number of carbonyl (C=O) groups is 2. The first-order valence-electron chi connectivity index (χ1n) is 9.40. The quantitative estimate of drug-likeness (QED) is 0.227. The van der Waals surface area contributed by atoms with Crippen molar-refractivity contribution in [3.8, 4) is 11.8 Å². The molecule has 0 atom stereocenters. The van der Waals surface area contributed by atoms with Crippen molar-refractivity contribution in [2.75, 3.05) is 7.11 Å². The Morgan fingerprint density at radius 1 is 0.818 bits per heavy atom. The van der Waals surface area contributed by atoms with E-state index in [0.29, 0.717) is 23.6 Å². The number of rotatable bonds is 3. The SMILES string of the molecule is CC(=O)c1cccc2c(C#Cc3ccccc3)ccc(C(C)=O)c12.COS(=O)(=O)C(F)(F)F. The fourth-order valence-electron chi connectivity index (χ4n) is 2.86. The molecule has 33 heavy (non-hydrogen) atoms. The Morgan fingerprint density at radius 2 is 1.39 bits per heavy atom. The molecule has 9 heteroatoms. The summed E-state index contributed by atoms with van der Waals surface area (Å²) >= 11 is 0. The zero-order valence-electron chi connectivity index (χ0n) is 17.9. The Balaban J connectivity index is 0.000000365. The van der Waals surface area contributed by atoms with Gasteiger partial charge in [-0.25, -0.2) is 0 Å². The molecule has 0 radical (unpaired) electrons. The van der Waals surface area contributed by atoms with Crippen LogP contribution in [-0.2, 0) is 14.3 Å². The van der Waals surface area contributed by atoms with Crippen LogP contribution < -0.4 is 0 Å². The number of fused-ring (bicyclic) bond motifs is 1. The summed E-state index contributed by atoms with van der Waals surface area (Å²) in [5, 5.41) is 1.52. The van der Waals surface area contributed by atoms with E-state index in [1.807, 2.05) is 48.5 Å². The summed E-state index contributed by atoms with van der Waals surface area (Å²) in [5.41, 5.74) is -2.46. The van der Waals surface area contributed by atoms with E-state index in [-0.39, 0.29) is 11.6 Å². The van der Waals surface area contributed by atoms with Crippen LogP contribution in [0.15, 0.2) is 60.7 Å². The molecule has 0 spiro atoms. The Morgan fingerprint density at radius 3 is 1.88 bits per heavy atom. The summed E-state index contributed by atoms with van der Waals surface area (Å²) in [6.45, 7) is 3.03. The standard InChI is InChI=1S/C22H16O2.C2H3F3O3S/c1-15(23)19-9-6-10-21-18(12-11-17-7-4-3-5-8-17)13-14-20(16(2)24)22(19)21;1-8-9(6,7)2(3,4)5/h3-10,13-14H,1-2H3;1H3. The van der Waals surface area contributed by atoms with Crippen LogP contribution in [0.4, 0.5) is 13.2 Å². The first-order chi connectivity index (χ1) is 15.4. The smallest absolute Gasteiger partial charge is 0.294 e. The van der Waals surface area contributed by atoms with E-state index in [4.69, 9.17) is 0 Å². The molecule has 0 heterocycles. The van der Waals surface area contributed by atoms with Gasteiger partial charge in [0.25, 0.3) is 0 Å². The Hall–Kier alpha value is -3.48. The minimum Gasteiger partial charge on any atom is -0.294 e. The fourth-order valence-corrected chi connectivity index (χ4v) is 3.05. The van der Waals surface area contributed by atoms with Gasteiger partial charge in [0.05, 0.1) is 7.11 Å². The minimum absolute atomic E-state index is 0.0590. The first-order valence-corrected chi connectivity index (χ1v) is 10.8. The van der Waals surface area contributed by atoms with Crippen LogP contribution >= 0.6 is 0 Å². The largest absolute Gasteiger partial charge is 0.523 e. The fraction of sp³-hybridized carbons (Fsp3) is 0.167. The Bertz CT molecular complexity index is 1330. The number of ketones is 2. The van der Waals surface area contributed by atoms with Crippen molar-refractivity contribution in [3.63, 3.8) is 0 Å².